The summed E-state index contributed by atoms with van der Waals surface area (Å²) < 4.78 is 3.69. The molecule has 6 heteroatoms. The first-order chi connectivity index (χ1) is 41.5. The molecular formula is C78H46N4O2. The van der Waals surface area contributed by atoms with E-state index in [4.69, 9.17) is 9.97 Å². The summed E-state index contributed by atoms with van der Waals surface area (Å²) in [6.45, 7) is 0. The Morgan fingerprint density at radius 3 is 1.31 bits per heavy atom. The van der Waals surface area contributed by atoms with Crippen molar-refractivity contribution in [2.75, 3.05) is 0 Å². The molecule has 0 unspecified atom stereocenters. The molecule has 6 nitrogen and oxygen atoms in total. The number of benzene rings is 13. The Balaban J connectivity index is 0.812. The van der Waals surface area contributed by atoms with Crippen LogP contribution in [0.15, 0.2) is 289 Å². The number of pyridine rings is 2. The maximum atomic E-state index is 15.5. The summed E-state index contributed by atoms with van der Waals surface area (Å²) in [7, 11) is 0. The standard InChI is InChI=1S/C78H46N4O2/c83-77-62-34-18-32-59-57(39-41-61(72(59)62)75-79-68-45-64(49-21-8-2-9-22-49)65(46-69(68)81(75)77)50-23-10-3-11-24-50)52-37-35-47(36-38-52)54-29-16-30-55(43-54)66-44-67(51-25-12-4-13-26-51)73-74(70(66)53-27-14-5-15-28-53)82-76(80-73)60-33-17-31-58-56(48-19-6-1-7-20-48)40-42-63(71(58)60)78(82)84/h1-46H. The Kier molecular flexibility index (Phi) is 10.5. The summed E-state index contributed by atoms with van der Waals surface area (Å²) in [5, 5.41) is 7.02. The van der Waals surface area contributed by atoms with Crippen LogP contribution in [0.25, 0.3) is 165 Å². The maximum absolute atomic E-state index is 15.5. The summed E-state index contributed by atoms with van der Waals surface area (Å²) in [5.41, 5.74) is 20.7. The molecule has 0 saturated carbocycles. The Morgan fingerprint density at radius 2 is 0.690 bits per heavy atom. The molecule has 0 bridgehead atoms. The van der Waals surface area contributed by atoms with E-state index in [0.717, 1.165) is 143 Å². The minimum atomic E-state index is -0.101. The zero-order chi connectivity index (χ0) is 55.6. The van der Waals surface area contributed by atoms with Crippen LogP contribution in [0.1, 0.15) is 0 Å². The molecule has 17 aromatic rings. The molecule has 0 atom stereocenters. The zero-order valence-corrected chi connectivity index (χ0v) is 45.2. The highest BCUT2D eigenvalue weighted by molar-refractivity contribution is 6.22. The van der Waals surface area contributed by atoms with Crippen LogP contribution in [0, 0.1) is 0 Å². The monoisotopic (exact) mass is 1070 g/mol. The number of fused-ring (bicyclic) bond motifs is 8. The SMILES string of the molecule is O=c1c2cccc3c(-c4ccc(-c5cccc(-c6cc(-c7ccccc7)c7nc8c9cccc%10c(-c%11ccccc%11)ccc(c(=O)n8c7c6-c6ccccc6)c%109)c5)cc4)ccc(c32)c2nc3cc(-c4ccccc4)c(-c4ccccc4)cc3n12. The van der Waals surface area contributed by atoms with Crippen molar-refractivity contribution in [2.45, 2.75) is 0 Å². The van der Waals surface area contributed by atoms with Crippen LogP contribution in [0.4, 0.5) is 0 Å². The molecule has 0 aliphatic carbocycles. The van der Waals surface area contributed by atoms with E-state index in [2.05, 4.69) is 231 Å². The van der Waals surface area contributed by atoms with Gasteiger partial charge in [-0.1, -0.05) is 237 Å². The first kappa shape index (κ1) is 47.5. The van der Waals surface area contributed by atoms with Crippen molar-refractivity contribution in [2.24, 2.45) is 0 Å². The van der Waals surface area contributed by atoms with Crippen molar-refractivity contribution in [3.8, 4) is 89.0 Å². The number of nitrogens with zero attached hydrogens (tertiary/aromatic N) is 4. The lowest BCUT2D eigenvalue weighted by molar-refractivity contribution is 1.19. The molecule has 13 aromatic carbocycles. The van der Waals surface area contributed by atoms with Crippen LogP contribution >= 0.6 is 0 Å². The summed E-state index contributed by atoms with van der Waals surface area (Å²) in [6, 6.07) is 96.7. The minimum absolute atomic E-state index is 0.0878. The van der Waals surface area contributed by atoms with Crippen molar-refractivity contribution in [1.82, 2.24) is 18.8 Å². The lowest BCUT2D eigenvalue weighted by Crippen LogP contribution is -2.14. The van der Waals surface area contributed by atoms with Crippen LogP contribution in [0.3, 0.4) is 0 Å². The predicted octanol–water partition coefficient (Wildman–Crippen LogP) is 18.8. The second-order valence-corrected chi connectivity index (χ2v) is 21.8. The van der Waals surface area contributed by atoms with Crippen LogP contribution in [-0.4, -0.2) is 18.8 Å². The molecule has 0 radical (unpaired) electrons. The Bertz CT molecular complexity index is 5610. The third kappa shape index (κ3) is 7.17. The van der Waals surface area contributed by atoms with Crippen molar-refractivity contribution < 1.29 is 0 Å². The number of rotatable bonds is 8. The van der Waals surface area contributed by atoms with Gasteiger partial charge in [0.05, 0.1) is 22.1 Å². The van der Waals surface area contributed by atoms with E-state index >= 15 is 4.79 Å². The third-order valence-corrected chi connectivity index (χ3v) is 17.3. The van der Waals surface area contributed by atoms with Gasteiger partial charge in [-0.15, -0.1) is 0 Å². The fraction of sp³-hybridized carbons (Fsp3) is 0. The van der Waals surface area contributed by atoms with Crippen molar-refractivity contribution in [1.29, 1.82) is 0 Å². The minimum Gasteiger partial charge on any atom is -0.268 e. The van der Waals surface area contributed by atoms with Gasteiger partial charge in [-0.3, -0.25) is 18.4 Å². The van der Waals surface area contributed by atoms with Crippen LogP contribution in [-0.2, 0) is 0 Å². The van der Waals surface area contributed by atoms with Gasteiger partial charge in [-0.25, -0.2) is 9.97 Å². The molecule has 0 amide bonds. The molecule has 84 heavy (non-hydrogen) atoms. The summed E-state index contributed by atoms with van der Waals surface area (Å²) in [4.78, 5) is 41.2. The molecule has 390 valence electrons. The quantitative estimate of drug-likeness (QED) is 0.152. The second kappa shape index (κ2) is 18.6. The topological polar surface area (TPSA) is 68.7 Å². The normalized spacial score (nSPS) is 11.9. The number of aromatic nitrogens is 4. The Morgan fingerprint density at radius 1 is 0.262 bits per heavy atom. The van der Waals surface area contributed by atoms with E-state index < -0.39 is 0 Å². The number of hydrogen-bond donors (Lipinski definition) is 0. The second-order valence-electron chi connectivity index (χ2n) is 21.8. The Labute approximate surface area is 481 Å². The molecule has 17 rings (SSSR count). The lowest BCUT2D eigenvalue weighted by atomic mass is 9.88. The highest BCUT2D eigenvalue weighted by Crippen LogP contribution is 2.46. The van der Waals surface area contributed by atoms with E-state index in [0.29, 0.717) is 22.1 Å². The van der Waals surface area contributed by atoms with Crippen molar-refractivity contribution in [3.05, 3.63) is 300 Å². The highest BCUT2D eigenvalue weighted by Gasteiger charge is 2.26. The highest BCUT2D eigenvalue weighted by atomic mass is 16.1. The van der Waals surface area contributed by atoms with Crippen LogP contribution in [0.5, 0.6) is 0 Å². The van der Waals surface area contributed by atoms with Crippen molar-refractivity contribution >= 4 is 76.5 Å². The van der Waals surface area contributed by atoms with Gasteiger partial charge in [-0.05, 0) is 131 Å². The van der Waals surface area contributed by atoms with E-state index in [1.165, 1.54) is 0 Å². The van der Waals surface area contributed by atoms with Crippen molar-refractivity contribution in [3.63, 3.8) is 0 Å². The van der Waals surface area contributed by atoms with Gasteiger partial charge in [-0.2, -0.15) is 0 Å². The van der Waals surface area contributed by atoms with Gasteiger partial charge in [0.1, 0.15) is 11.3 Å². The maximum Gasteiger partial charge on any atom is 0.264 e. The largest absolute Gasteiger partial charge is 0.268 e. The molecule has 0 fully saturated rings. The first-order valence-corrected chi connectivity index (χ1v) is 28.4. The summed E-state index contributed by atoms with van der Waals surface area (Å²) in [5.74, 6) is 0. The van der Waals surface area contributed by atoms with Crippen LogP contribution in [0.2, 0.25) is 0 Å². The molecule has 0 saturated heterocycles. The first-order valence-electron chi connectivity index (χ1n) is 28.4. The molecule has 4 heterocycles. The zero-order valence-electron chi connectivity index (χ0n) is 45.2. The average molecular weight is 1070 g/mol. The van der Waals surface area contributed by atoms with E-state index in [1.807, 2.05) is 57.3 Å². The van der Waals surface area contributed by atoms with Gasteiger partial charge in [0.2, 0.25) is 0 Å². The average Bonchev–Trinajstić information content (AvgIpc) is 1.69. The van der Waals surface area contributed by atoms with Gasteiger partial charge in [0, 0.05) is 43.4 Å². The molecule has 0 N–H and O–H groups in total. The van der Waals surface area contributed by atoms with Crippen LogP contribution < -0.4 is 11.1 Å². The lowest BCUT2D eigenvalue weighted by Gasteiger charge is -2.17. The predicted molar refractivity (Wildman–Crippen MR) is 347 cm³/mol. The molecule has 0 aliphatic rings. The fourth-order valence-corrected chi connectivity index (χ4v) is 13.4. The molecule has 4 aromatic heterocycles. The van der Waals surface area contributed by atoms with Gasteiger partial charge < -0.3 is 0 Å². The fourth-order valence-electron chi connectivity index (χ4n) is 13.4. The van der Waals surface area contributed by atoms with Gasteiger partial charge in [0.25, 0.3) is 11.1 Å². The van der Waals surface area contributed by atoms with E-state index in [1.54, 1.807) is 0 Å². The van der Waals surface area contributed by atoms with E-state index in [-0.39, 0.29) is 11.1 Å². The summed E-state index contributed by atoms with van der Waals surface area (Å²) in [6.07, 6.45) is 0. The Hall–Kier alpha value is -11.3. The summed E-state index contributed by atoms with van der Waals surface area (Å²) >= 11 is 0. The smallest absolute Gasteiger partial charge is 0.264 e. The number of imidazole rings is 2. The molecule has 0 spiro atoms. The van der Waals surface area contributed by atoms with Gasteiger partial charge in [0.15, 0.2) is 0 Å². The van der Waals surface area contributed by atoms with Gasteiger partial charge >= 0.3 is 0 Å². The molecular weight excluding hydrogens is 1020 g/mol. The van der Waals surface area contributed by atoms with E-state index in [9.17, 15) is 4.79 Å². The molecule has 0 aliphatic heterocycles. The third-order valence-electron chi connectivity index (χ3n) is 17.3. The number of hydrogen-bond acceptors (Lipinski definition) is 4.